The maximum Gasteiger partial charge on any atom is 0.312 e. The molecule has 1 aliphatic carbocycles. The van der Waals surface area contributed by atoms with E-state index in [9.17, 15) is 9.00 Å². The molecule has 19 heavy (non-hydrogen) atoms. The zero-order valence-electron chi connectivity index (χ0n) is 10.4. The maximum atomic E-state index is 11.3. The van der Waals surface area contributed by atoms with Crippen LogP contribution in [0.5, 0.6) is 0 Å². The third-order valence-electron chi connectivity index (χ3n) is 3.73. The molecule has 2 heterocycles. The van der Waals surface area contributed by atoms with Crippen LogP contribution in [0.25, 0.3) is 0 Å². The second-order valence-corrected chi connectivity index (χ2v) is 7.80. The highest BCUT2D eigenvalue weighted by molar-refractivity contribution is 7.85. The number of aryl methyl sites for hydroxylation is 1. The number of carboxylic acid groups (broad SMARTS) is 1. The molecule has 0 saturated carbocycles. The topological polar surface area (TPSA) is 79.3 Å². The number of fused-ring (bicyclic) bond motifs is 1. The molecule has 0 aromatic carbocycles. The Hall–Kier alpha value is -0.950. The molecule has 0 amide bonds. The van der Waals surface area contributed by atoms with E-state index in [0.29, 0.717) is 12.5 Å². The normalized spacial score (nSPS) is 30.0. The quantitative estimate of drug-likeness (QED) is 0.886. The predicted octanol–water partition coefficient (Wildman–Crippen LogP) is 1.58. The minimum Gasteiger partial charge on any atom is -0.481 e. The molecule has 5 nitrogen and oxygen atoms in total. The van der Waals surface area contributed by atoms with Gasteiger partial charge in [-0.1, -0.05) is 0 Å². The van der Waals surface area contributed by atoms with Crippen molar-refractivity contribution in [1.29, 1.82) is 0 Å². The Labute approximate surface area is 117 Å². The number of nitrogens with one attached hydrogen (secondary N) is 1. The lowest BCUT2D eigenvalue weighted by Crippen LogP contribution is -2.29. The lowest BCUT2D eigenvalue weighted by molar-refractivity contribution is -0.138. The molecule has 3 rings (SSSR count). The first-order valence-corrected chi connectivity index (χ1v) is 8.78. The molecule has 1 atom stereocenters. The fourth-order valence-electron chi connectivity index (χ4n) is 2.64. The van der Waals surface area contributed by atoms with Gasteiger partial charge < -0.3 is 10.4 Å². The van der Waals surface area contributed by atoms with Gasteiger partial charge in [-0.3, -0.25) is 9.00 Å². The van der Waals surface area contributed by atoms with Gasteiger partial charge in [-0.25, -0.2) is 4.98 Å². The van der Waals surface area contributed by atoms with Crippen LogP contribution in [0, 0.1) is 0 Å². The number of anilines is 1. The zero-order valence-corrected chi connectivity index (χ0v) is 12.1. The van der Waals surface area contributed by atoms with E-state index in [1.54, 1.807) is 11.3 Å². The summed E-state index contributed by atoms with van der Waals surface area (Å²) in [6.45, 7) is 0. The van der Waals surface area contributed by atoms with Crippen LogP contribution in [-0.2, 0) is 22.0 Å². The molecule has 1 aliphatic heterocycles. The van der Waals surface area contributed by atoms with Gasteiger partial charge >= 0.3 is 5.97 Å². The summed E-state index contributed by atoms with van der Waals surface area (Å²) in [6.07, 6.45) is 3.30. The number of aromatic nitrogens is 1. The van der Waals surface area contributed by atoms with Crippen LogP contribution in [-0.4, -0.2) is 37.8 Å². The number of nitrogens with zero attached hydrogens (tertiary/aromatic N) is 1. The molecule has 1 fully saturated rings. The van der Waals surface area contributed by atoms with Gasteiger partial charge in [0, 0.05) is 33.2 Å². The first-order valence-electron chi connectivity index (χ1n) is 6.47. The molecule has 2 N–H and O–H groups in total. The average Bonchev–Trinajstić information content (AvgIpc) is 2.91. The van der Waals surface area contributed by atoms with Crippen LogP contribution in [0.4, 0.5) is 5.13 Å². The Balaban J connectivity index is 1.69. The van der Waals surface area contributed by atoms with Gasteiger partial charge in [-0.05, 0) is 25.7 Å². The van der Waals surface area contributed by atoms with Crippen LogP contribution in [0.1, 0.15) is 35.8 Å². The molecule has 0 bridgehead atoms. The van der Waals surface area contributed by atoms with E-state index in [0.717, 1.165) is 46.5 Å². The summed E-state index contributed by atoms with van der Waals surface area (Å²) in [5, 5.41) is 13.3. The van der Waals surface area contributed by atoms with E-state index in [1.165, 1.54) is 0 Å². The van der Waals surface area contributed by atoms with Gasteiger partial charge in [0.05, 0.1) is 5.69 Å². The van der Waals surface area contributed by atoms with Gasteiger partial charge in [-0.15, -0.1) is 11.3 Å². The molecule has 1 saturated heterocycles. The van der Waals surface area contributed by atoms with Gasteiger partial charge in [-0.2, -0.15) is 0 Å². The van der Waals surface area contributed by atoms with E-state index in [4.69, 9.17) is 5.11 Å². The van der Waals surface area contributed by atoms with Crippen LogP contribution in [0.2, 0.25) is 0 Å². The number of thiazole rings is 1. The van der Waals surface area contributed by atoms with Crippen molar-refractivity contribution in [3.05, 3.63) is 10.6 Å². The molecule has 0 radical (unpaired) electrons. The maximum absolute atomic E-state index is 11.3. The van der Waals surface area contributed by atoms with Crippen molar-refractivity contribution in [2.45, 2.75) is 37.6 Å². The van der Waals surface area contributed by atoms with Gasteiger partial charge in [0.15, 0.2) is 5.13 Å². The summed E-state index contributed by atoms with van der Waals surface area (Å²) < 4.78 is 11.3. The highest BCUT2D eigenvalue weighted by Gasteiger charge is 2.32. The highest BCUT2D eigenvalue weighted by Crippen LogP contribution is 2.38. The Kier molecular flexibility index (Phi) is 3.58. The fraction of sp³-hybridized carbons (Fsp3) is 0.667. The molecule has 1 aromatic heterocycles. The standard InChI is InChI=1S/C12H16N2O3S2/c15-11(16)8-1-2-9-10(8)14-12(18-9)13-7-3-5-19(17)6-4-7/h7-8H,1-6H2,(H,13,14)(H,15,16). The van der Waals surface area contributed by atoms with Crippen molar-refractivity contribution in [3.63, 3.8) is 0 Å². The minimum absolute atomic E-state index is 0.326. The number of carboxylic acids is 1. The second-order valence-electron chi connectivity index (χ2n) is 5.02. The largest absolute Gasteiger partial charge is 0.481 e. The number of aliphatic carboxylic acids is 1. The van der Waals surface area contributed by atoms with Crippen molar-refractivity contribution >= 4 is 33.2 Å². The zero-order chi connectivity index (χ0) is 13.4. The molecular formula is C12H16N2O3S2. The summed E-state index contributed by atoms with van der Waals surface area (Å²) in [4.78, 5) is 16.7. The van der Waals surface area contributed by atoms with Crippen molar-refractivity contribution in [2.24, 2.45) is 0 Å². The minimum atomic E-state index is -0.774. The third kappa shape index (κ3) is 2.67. The van der Waals surface area contributed by atoms with Crippen LogP contribution in [0.15, 0.2) is 0 Å². The summed E-state index contributed by atoms with van der Waals surface area (Å²) >= 11 is 1.58. The van der Waals surface area contributed by atoms with E-state index < -0.39 is 22.7 Å². The Bertz CT molecular complexity index is 519. The molecule has 0 spiro atoms. The summed E-state index contributed by atoms with van der Waals surface area (Å²) in [5.41, 5.74) is 0.749. The van der Waals surface area contributed by atoms with Crippen molar-refractivity contribution in [3.8, 4) is 0 Å². The summed E-state index contributed by atoms with van der Waals surface area (Å²) in [6, 6.07) is 0.326. The summed E-state index contributed by atoms with van der Waals surface area (Å²) in [5.74, 6) is 0.297. The SMILES string of the molecule is O=C(O)C1CCc2sc(NC3CCS(=O)CC3)nc21. The highest BCUT2D eigenvalue weighted by atomic mass is 32.2. The number of carbonyl (C=O) groups is 1. The fourth-order valence-corrected chi connectivity index (χ4v) is 5.06. The van der Waals surface area contributed by atoms with Crippen molar-refractivity contribution in [1.82, 2.24) is 4.98 Å². The van der Waals surface area contributed by atoms with Gasteiger partial charge in [0.1, 0.15) is 5.92 Å². The van der Waals surface area contributed by atoms with Gasteiger partial charge in [0.25, 0.3) is 0 Å². The molecular weight excluding hydrogens is 284 g/mol. The molecule has 2 aliphatic rings. The number of hydrogen-bond donors (Lipinski definition) is 2. The monoisotopic (exact) mass is 300 g/mol. The van der Waals surface area contributed by atoms with E-state index in [2.05, 4.69) is 10.3 Å². The van der Waals surface area contributed by atoms with Crippen LogP contribution < -0.4 is 5.32 Å². The average molecular weight is 300 g/mol. The number of rotatable bonds is 3. The molecule has 1 unspecified atom stereocenters. The second kappa shape index (κ2) is 5.20. The molecule has 1 aromatic rings. The molecule has 7 heteroatoms. The Morgan fingerprint density at radius 2 is 2.11 bits per heavy atom. The lowest BCUT2D eigenvalue weighted by Gasteiger charge is -2.22. The molecule has 104 valence electrons. The van der Waals surface area contributed by atoms with Gasteiger partial charge in [0.2, 0.25) is 0 Å². The van der Waals surface area contributed by atoms with Crippen LogP contribution >= 0.6 is 11.3 Å². The Morgan fingerprint density at radius 3 is 2.79 bits per heavy atom. The summed E-state index contributed by atoms with van der Waals surface area (Å²) in [7, 11) is -0.655. The number of hydrogen-bond acceptors (Lipinski definition) is 5. The van der Waals surface area contributed by atoms with E-state index in [-0.39, 0.29) is 0 Å². The third-order valence-corrected chi connectivity index (χ3v) is 6.18. The smallest absolute Gasteiger partial charge is 0.312 e. The van der Waals surface area contributed by atoms with E-state index in [1.807, 2.05) is 0 Å². The first-order chi connectivity index (χ1) is 9.13. The van der Waals surface area contributed by atoms with Crippen LogP contribution in [0.3, 0.4) is 0 Å². The predicted molar refractivity (Wildman–Crippen MR) is 75.3 cm³/mol. The van der Waals surface area contributed by atoms with E-state index >= 15 is 0 Å². The first kappa shape index (κ1) is 13.1. The lowest BCUT2D eigenvalue weighted by atomic mass is 10.1. The van der Waals surface area contributed by atoms with Crippen molar-refractivity contribution in [2.75, 3.05) is 16.8 Å². The van der Waals surface area contributed by atoms with Crippen molar-refractivity contribution < 1.29 is 14.1 Å². The Morgan fingerprint density at radius 1 is 1.37 bits per heavy atom.